The number of halogens is 3. The fourth-order valence-electron chi connectivity index (χ4n) is 1.65. The summed E-state index contributed by atoms with van der Waals surface area (Å²) < 4.78 is 13.1. The maximum atomic E-state index is 13.1. The van der Waals surface area contributed by atoms with Crippen LogP contribution in [0.5, 0.6) is 0 Å². The van der Waals surface area contributed by atoms with Gasteiger partial charge in [0.05, 0.1) is 15.7 Å². The molecule has 2 rings (SSSR count). The first-order chi connectivity index (χ1) is 9.60. The molecule has 1 heterocycles. The lowest BCUT2D eigenvalue weighted by atomic mass is 10.3. The van der Waals surface area contributed by atoms with Gasteiger partial charge in [-0.25, -0.2) is 9.37 Å². The average Bonchev–Trinajstić information content (AvgIpc) is 2.41. The van der Waals surface area contributed by atoms with Crippen molar-refractivity contribution in [3.63, 3.8) is 0 Å². The van der Waals surface area contributed by atoms with Crippen LogP contribution in [0.4, 0.5) is 21.7 Å². The highest BCUT2D eigenvalue weighted by atomic mass is 35.5. The Balaban J connectivity index is 2.22. The van der Waals surface area contributed by atoms with Gasteiger partial charge in [0, 0.05) is 6.54 Å². The second kappa shape index (κ2) is 6.77. The van der Waals surface area contributed by atoms with E-state index >= 15 is 0 Å². The van der Waals surface area contributed by atoms with Crippen LogP contribution in [0, 0.1) is 5.82 Å². The summed E-state index contributed by atoms with van der Waals surface area (Å²) in [4.78, 5) is 4.38. The lowest BCUT2D eigenvalue weighted by molar-refractivity contribution is 0.628. The summed E-state index contributed by atoms with van der Waals surface area (Å²) >= 11 is 12.0. The molecule has 0 aliphatic heterocycles. The maximum absolute atomic E-state index is 13.1. The summed E-state index contributed by atoms with van der Waals surface area (Å²) in [5, 5.41) is 6.61. The third kappa shape index (κ3) is 3.74. The normalized spacial score (nSPS) is 10.4. The molecule has 0 saturated carbocycles. The van der Waals surface area contributed by atoms with E-state index < -0.39 is 5.82 Å². The minimum atomic E-state index is -0.475. The highest BCUT2D eigenvalue weighted by molar-refractivity contribution is 6.39. The van der Waals surface area contributed by atoms with Crippen LogP contribution < -0.4 is 10.6 Å². The van der Waals surface area contributed by atoms with E-state index in [1.54, 1.807) is 6.07 Å². The summed E-state index contributed by atoms with van der Waals surface area (Å²) in [6.45, 7) is 2.92. The Morgan fingerprint density at radius 3 is 2.45 bits per heavy atom. The number of nitrogens with one attached hydrogen (secondary N) is 2. The first-order valence-electron chi connectivity index (χ1n) is 6.22. The Morgan fingerprint density at radius 2 is 1.80 bits per heavy atom. The molecule has 0 aliphatic carbocycles. The molecule has 0 aliphatic rings. The van der Waals surface area contributed by atoms with E-state index in [2.05, 4.69) is 22.5 Å². The highest BCUT2D eigenvalue weighted by Gasteiger charge is 2.09. The smallest absolute Gasteiger partial charge is 0.132 e. The molecule has 0 spiro atoms. The molecule has 2 N–H and O–H groups in total. The topological polar surface area (TPSA) is 37.0 Å². The molecule has 3 nitrogen and oxygen atoms in total. The predicted molar refractivity (Wildman–Crippen MR) is 82.7 cm³/mol. The van der Waals surface area contributed by atoms with Crippen molar-refractivity contribution in [1.82, 2.24) is 4.98 Å². The van der Waals surface area contributed by atoms with Gasteiger partial charge in [0.1, 0.15) is 17.5 Å². The fraction of sp³-hybridized carbons (Fsp3) is 0.214. The number of benzene rings is 1. The van der Waals surface area contributed by atoms with Crippen molar-refractivity contribution in [3.8, 4) is 0 Å². The number of hydrogen-bond acceptors (Lipinski definition) is 3. The van der Waals surface area contributed by atoms with Crippen LogP contribution in [0.25, 0.3) is 0 Å². The van der Waals surface area contributed by atoms with Gasteiger partial charge in [-0.15, -0.1) is 0 Å². The van der Waals surface area contributed by atoms with Gasteiger partial charge < -0.3 is 10.6 Å². The first-order valence-corrected chi connectivity index (χ1v) is 6.98. The van der Waals surface area contributed by atoms with Gasteiger partial charge in [0.25, 0.3) is 0 Å². The zero-order chi connectivity index (χ0) is 14.5. The van der Waals surface area contributed by atoms with E-state index in [4.69, 9.17) is 23.2 Å². The van der Waals surface area contributed by atoms with Crippen molar-refractivity contribution in [3.05, 3.63) is 46.2 Å². The zero-order valence-electron chi connectivity index (χ0n) is 10.9. The second-order valence-corrected chi connectivity index (χ2v) is 5.02. The Hall–Kier alpha value is -1.52. The number of aromatic nitrogens is 1. The summed E-state index contributed by atoms with van der Waals surface area (Å²) in [7, 11) is 0. The monoisotopic (exact) mass is 313 g/mol. The molecule has 0 radical (unpaired) electrons. The Morgan fingerprint density at radius 1 is 1.15 bits per heavy atom. The zero-order valence-corrected chi connectivity index (χ0v) is 12.4. The Bertz CT molecular complexity index is 582. The summed E-state index contributed by atoms with van der Waals surface area (Å²) in [5.41, 5.74) is 0.440. The third-order valence-corrected chi connectivity index (χ3v) is 3.16. The van der Waals surface area contributed by atoms with E-state index in [-0.39, 0.29) is 10.0 Å². The minimum absolute atomic E-state index is 0.212. The van der Waals surface area contributed by atoms with Crippen molar-refractivity contribution in [2.24, 2.45) is 0 Å². The van der Waals surface area contributed by atoms with Crippen LogP contribution in [0.3, 0.4) is 0 Å². The van der Waals surface area contributed by atoms with Crippen LogP contribution in [-0.4, -0.2) is 11.5 Å². The van der Waals surface area contributed by atoms with Crippen molar-refractivity contribution in [2.45, 2.75) is 13.3 Å². The van der Waals surface area contributed by atoms with Gasteiger partial charge in [-0.2, -0.15) is 0 Å². The number of hydrogen-bond donors (Lipinski definition) is 2. The SMILES string of the molecule is CCCNc1cccc(Nc2c(Cl)cc(F)cc2Cl)n1. The van der Waals surface area contributed by atoms with Crippen LogP contribution in [0.1, 0.15) is 13.3 Å². The molecule has 0 atom stereocenters. The van der Waals surface area contributed by atoms with E-state index in [1.807, 2.05) is 12.1 Å². The first kappa shape index (κ1) is 14.9. The van der Waals surface area contributed by atoms with E-state index in [1.165, 1.54) is 12.1 Å². The predicted octanol–water partition coefficient (Wildman–Crippen LogP) is 5.09. The van der Waals surface area contributed by atoms with Gasteiger partial charge in [-0.1, -0.05) is 36.2 Å². The van der Waals surface area contributed by atoms with Crippen molar-refractivity contribution < 1.29 is 4.39 Å². The molecule has 0 bridgehead atoms. The molecule has 0 unspecified atom stereocenters. The molecule has 20 heavy (non-hydrogen) atoms. The van der Waals surface area contributed by atoms with Gasteiger partial charge in [0.15, 0.2) is 0 Å². The quantitative estimate of drug-likeness (QED) is 0.807. The number of anilines is 3. The summed E-state index contributed by atoms with van der Waals surface area (Å²) in [6, 6.07) is 7.92. The van der Waals surface area contributed by atoms with E-state index in [0.717, 1.165) is 18.8 Å². The van der Waals surface area contributed by atoms with Crippen molar-refractivity contribution >= 4 is 40.5 Å². The Kier molecular flexibility index (Phi) is 5.04. The molecule has 0 saturated heterocycles. The highest BCUT2D eigenvalue weighted by Crippen LogP contribution is 2.33. The second-order valence-electron chi connectivity index (χ2n) is 4.20. The molecule has 0 amide bonds. The lowest BCUT2D eigenvalue weighted by Crippen LogP contribution is -2.03. The number of pyridine rings is 1. The lowest BCUT2D eigenvalue weighted by Gasteiger charge is -2.11. The van der Waals surface area contributed by atoms with Crippen molar-refractivity contribution in [2.75, 3.05) is 17.2 Å². The molecule has 6 heteroatoms. The molecule has 2 aromatic rings. The molecule has 1 aromatic carbocycles. The van der Waals surface area contributed by atoms with Crippen LogP contribution >= 0.6 is 23.2 Å². The summed E-state index contributed by atoms with van der Waals surface area (Å²) in [5.74, 6) is 0.865. The average molecular weight is 314 g/mol. The fourth-order valence-corrected chi connectivity index (χ4v) is 2.20. The minimum Gasteiger partial charge on any atom is -0.370 e. The van der Waals surface area contributed by atoms with Gasteiger partial charge >= 0.3 is 0 Å². The summed E-state index contributed by atoms with van der Waals surface area (Å²) in [6.07, 6.45) is 1.01. The molecule has 1 aromatic heterocycles. The van der Waals surface area contributed by atoms with Crippen LogP contribution in [0.2, 0.25) is 10.0 Å². The molecular weight excluding hydrogens is 300 g/mol. The molecular formula is C14H14Cl2FN3. The van der Waals surface area contributed by atoms with Crippen LogP contribution in [-0.2, 0) is 0 Å². The van der Waals surface area contributed by atoms with E-state index in [0.29, 0.717) is 11.5 Å². The van der Waals surface area contributed by atoms with Crippen molar-refractivity contribution in [1.29, 1.82) is 0 Å². The van der Waals surface area contributed by atoms with Gasteiger partial charge in [-0.05, 0) is 30.7 Å². The molecule has 106 valence electrons. The largest absolute Gasteiger partial charge is 0.370 e. The number of rotatable bonds is 5. The standard InChI is InChI=1S/C14H14Cl2FN3/c1-2-6-18-12-4-3-5-13(19-12)20-14-10(15)7-9(17)8-11(14)16/h3-5,7-8H,2,6H2,1H3,(H2,18,19,20). The maximum Gasteiger partial charge on any atom is 0.132 e. The van der Waals surface area contributed by atoms with Gasteiger partial charge in [0.2, 0.25) is 0 Å². The van der Waals surface area contributed by atoms with Gasteiger partial charge in [-0.3, -0.25) is 0 Å². The molecule has 0 fully saturated rings. The van der Waals surface area contributed by atoms with E-state index in [9.17, 15) is 4.39 Å². The number of nitrogens with zero attached hydrogens (tertiary/aromatic N) is 1. The van der Waals surface area contributed by atoms with Crippen LogP contribution in [0.15, 0.2) is 30.3 Å². The Labute approximate surface area is 127 Å². The third-order valence-electron chi connectivity index (χ3n) is 2.57.